The molecule has 1 amide bonds. The Labute approximate surface area is 98.6 Å². The first-order valence-corrected chi connectivity index (χ1v) is 5.62. The molecule has 6 heteroatoms. The number of guanidine groups is 1. The van der Waals surface area contributed by atoms with Crippen molar-refractivity contribution in [3.63, 3.8) is 0 Å². The number of nitrogens with zero attached hydrogens (tertiary/aromatic N) is 3. The maximum Gasteiger partial charge on any atom is 0.258 e. The number of aliphatic imine (C=N–C) groups is 1. The summed E-state index contributed by atoms with van der Waals surface area (Å²) >= 11 is 0. The average Bonchev–Trinajstić information content (AvgIpc) is 3.08. The minimum Gasteiger partial charge on any atom is -0.337 e. The topological polar surface area (TPSA) is 79.3 Å². The maximum absolute atomic E-state index is 12.0. The summed E-state index contributed by atoms with van der Waals surface area (Å²) in [6, 6.07) is 0.363. The van der Waals surface area contributed by atoms with Crippen molar-refractivity contribution in [2.75, 3.05) is 0 Å². The zero-order chi connectivity index (χ0) is 11.9. The summed E-state index contributed by atoms with van der Waals surface area (Å²) in [5, 5.41) is 5.84. The molecule has 1 saturated heterocycles. The normalized spacial score (nSPS) is 30.2. The Morgan fingerprint density at radius 2 is 2.29 bits per heavy atom. The van der Waals surface area contributed by atoms with Crippen molar-refractivity contribution in [2.24, 2.45) is 4.99 Å². The van der Waals surface area contributed by atoms with Crippen molar-refractivity contribution in [3.8, 4) is 0 Å². The first-order valence-electron chi connectivity index (χ1n) is 5.62. The second kappa shape index (κ2) is 3.51. The van der Waals surface area contributed by atoms with E-state index < -0.39 is 5.54 Å². The van der Waals surface area contributed by atoms with Gasteiger partial charge in [0, 0.05) is 12.4 Å². The lowest BCUT2D eigenvalue weighted by Crippen LogP contribution is -2.41. The van der Waals surface area contributed by atoms with Crippen LogP contribution in [-0.4, -0.2) is 27.9 Å². The summed E-state index contributed by atoms with van der Waals surface area (Å²) in [5.74, 6) is 0.406. The van der Waals surface area contributed by atoms with Crippen LogP contribution in [0.4, 0.5) is 0 Å². The SMILES string of the molecule is CC1(c2cnccn2)NC(=NC2CC2)NC1=O. The third-order valence-corrected chi connectivity index (χ3v) is 2.99. The van der Waals surface area contributed by atoms with Crippen LogP contribution in [0.1, 0.15) is 25.5 Å². The molecule has 88 valence electrons. The molecular weight excluding hydrogens is 218 g/mol. The Bertz CT molecular complexity index is 482. The highest BCUT2D eigenvalue weighted by atomic mass is 16.2. The van der Waals surface area contributed by atoms with E-state index in [1.54, 1.807) is 25.5 Å². The summed E-state index contributed by atoms with van der Waals surface area (Å²) in [4.78, 5) is 24.5. The molecule has 2 heterocycles. The van der Waals surface area contributed by atoms with E-state index in [1.165, 1.54) is 0 Å². The molecule has 0 bridgehead atoms. The van der Waals surface area contributed by atoms with Gasteiger partial charge in [-0.1, -0.05) is 0 Å². The fraction of sp³-hybridized carbons (Fsp3) is 0.455. The summed E-state index contributed by atoms with van der Waals surface area (Å²) in [7, 11) is 0. The molecule has 1 aromatic rings. The van der Waals surface area contributed by atoms with Gasteiger partial charge in [0.15, 0.2) is 11.5 Å². The van der Waals surface area contributed by atoms with E-state index in [4.69, 9.17) is 0 Å². The van der Waals surface area contributed by atoms with Gasteiger partial charge in [-0.15, -0.1) is 0 Å². The second-order valence-corrected chi connectivity index (χ2v) is 4.50. The molecule has 0 radical (unpaired) electrons. The molecule has 0 aromatic carbocycles. The standard InChI is InChI=1S/C11H13N5O/c1-11(8-6-12-4-5-13-8)9(17)15-10(16-11)14-7-2-3-7/h4-7H,2-3H2,1H3,(H2,14,15,16,17). The number of hydrogen-bond donors (Lipinski definition) is 2. The predicted molar refractivity (Wildman–Crippen MR) is 61.1 cm³/mol. The van der Waals surface area contributed by atoms with Gasteiger partial charge in [0.25, 0.3) is 5.91 Å². The van der Waals surface area contributed by atoms with Crippen LogP contribution in [0.2, 0.25) is 0 Å². The van der Waals surface area contributed by atoms with E-state index in [0.29, 0.717) is 17.7 Å². The fourth-order valence-corrected chi connectivity index (χ4v) is 1.75. The van der Waals surface area contributed by atoms with Crippen molar-refractivity contribution >= 4 is 11.9 Å². The van der Waals surface area contributed by atoms with Crippen LogP contribution >= 0.6 is 0 Å². The molecule has 1 aliphatic heterocycles. The van der Waals surface area contributed by atoms with E-state index in [9.17, 15) is 4.79 Å². The highest BCUT2D eigenvalue weighted by molar-refractivity contribution is 6.08. The van der Waals surface area contributed by atoms with Crippen LogP contribution < -0.4 is 10.6 Å². The third kappa shape index (κ3) is 1.75. The van der Waals surface area contributed by atoms with Crippen LogP contribution in [0.5, 0.6) is 0 Å². The van der Waals surface area contributed by atoms with Crippen LogP contribution in [-0.2, 0) is 10.3 Å². The fourth-order valence-electron chi connectivity index (χ4n) is 1.75. The number of carbonyl (C=O) groups excluding carboxylic acids is 1. The van der Waals surface area contributed by atoms with Crippen LogP contribution in [0.15, 0.2) is 23.6 Å². The molecule has 2 aliphatic rings. The van der Waals surface area contributed by atoms with E-state index in [2.05, 4.69) is 25.6 Å². The van der Waals surface area contributed by atoms with Crippen LogP contribution in [0.3, 0.4) is 0 Å². The van der Waals surface area contributed by atoms with Gasteiger partial charge in [-0.05, 0) is 19.8 Å². The highest BCUT2D eigenvalue weighted by Crippen LogP contribution is 2.26. The molecule has 2 fully saturated rings. The quantitative estimate of drug-likeness (QED) is 0.746. The second-order valence-electron chi connectivity index (χ2n) is 4.50. The zero-order valence-corrected chi connectivity index (χ0v) is 9.47. The Morgan fingerprint density at radius 1 is 1.47 bits per heavy atom. The van der Waals surface area contributed by atoms with Crippen molar-refractivity contribution in [3.05, 3.63) is 24.3 Å². The Hall–Kier alpha value is -1.98. The Kier molecular flexibility index (Phi) is 2.10. The Balaban J connectivity index is 1.90. The van der Waals surface area contributed by atoms with Gasteiger partial charge in [-0.25, -0.2) is 4.99 Å². The highest BCUT2D eigenvalue weighted by Gasteiger charge is 2.44. The lowest BCUT2D eigenvalue weighted by Gasteiger charge is -2.19. The van der Waals surface area contributed by atoms with Gasteiger partial charge >= 0.3 is 0 Å². The molecule has 1 aliphatic carbocycles. The molecule has 1 atom stereocenters. The van der Waals surface area contributed by atoms with Gasteiger partial charge in [0.2, 0.25) is 0 Å². The van der Waals surface area contributed by atoms with Crippen molar-refractivity contribution in [1.29, 1.82) is 0 Å². The van der Waals surface area contributed by atoms with Gasteiger partial charge in [0.05, 0.1) is 17.9 Å². The van der Waals surface area contributed by atoms with E-state index >= 15 is 0 Å². The van der Waals surface area contributed by atoms with Gasteiger partial charge < -0.3 is 5.32 Å². The number of hydrogen-bond acceptors (Lipinski definition) is 4. The van der Waals surface area contributed by atoms with E-state index in [0.717, 1.165) is 12.8 Å². The van der Waals surface area contributed by atoms with Crippen molar-refractivity contribution < 1.29 is 4.79 Å². The molecule has 1 unspecified atom stereocenters. The molecule has 3 rings (SSSR count). The van der Waals surface area contributed by atoms with E-state index in [1.807, 2.05) is 0 Å². The molecule has 0 spiro atoms. The van der Waals surface area contributed by atoms with Crippen molar-refractivity contribution in [1.82, 2.24) is 20.6 Å². The number of nitrogens with one attached hydrogen (secondary N) is 2. The van der Waals surface area contributed by atoms with Crippen LogP contribution in [0.25, 0.3) is 0 Å². The minimum absolute atomic E-state index is 0.141. The number of rotatable bonds is 2. The lowest BCUT2D eigenvalue weighted by atomic mass is 9.99. The van der Waals surface area contributed by atoms with Crippen LogP contribution in [0, 0.1) is 0 Å². The largest absolute Gasteiger partial charge is 0.337 e. The summed E-state index contributed by atoms with van der Waals surface area (Å²) < 4.78 is 0. The number of aromatic nitrogens is 2. The summed E-state index contributed by atoms with van der Waals surface area (Å²) in [5.41, 5.74) is -0.277. The predicted octanol–water partition coefficient (Wildman–Crippen LogP) is -0.0704. The van der Waals surface area contributed by atoms with Gasteiger partial charge in [0.1, 0.15) is 0 Å². The molecule has 1 aromatic heterocycles. The maximum atomic E-state index is 12.0. The Morgan fingerprint density at radius 3 is 2.94 bits per heavy atom. The number of carbonyl (C=O) groups is 1. The monoisotopic (exact) mass is 231 g/mol. The van der Waals surface area contributed by atoms with E-state index in [-0.39, 0.29) is 5.91 Å². The summed E-state index contributed by atoms with van der Waals surface area (Å²) in [6.45, 7) is 1.78. The molecule has 6 nitrogen and oxygen atoms in total. The summed E-state index contributed by atoms with van der Waals surface area (Å²) in [6.07, 6.45) is 6.95. The molecule has 17 heavy (non-hydrogen) atoms. The molecule has 2 N–H and O–H groups in total. The minimum atomic E-state index is -0.873. The first-order chi connectivity index (χ1) is 8.18. The smallest absolute Gasteiger partial charge is 0.258 e. The average molecular weight is 231 g/mol. The van der Waals surface area contributed by atoms with Gasteiger partial charge in [-0.2, -0.15) is 0 Å². The van der Waals surface area contributed by atoms with Gasteiger partial charge in [-0.3, -0.25) is 20.1 Å². The lowest BCUT2D eigenvalue weighted by molar-refractivity contribution is -0.123. The third-order valence-electron chi connectivity index (χ3n) is 2.99. The zero-order valence-electron chi connectivity index (χ0n) is 9.47. The first kappa shape index (κ1) is 10.2. The molecular formula is C11H13N5O. The number of amides is 1. The molecule has 1 saturated carbocycles. The van der Waals surface area contributed by atoms with Crippen molar-refractivity contribution in [2.45, 2.75) is 31.3 Å².